The van der Waals surface area contributed by atoms with Gasteiger partial charge in [-0.1, -0.05) is 6.07 Å². The van der Waals surface area contributed by atoms with Crippen molar-refractivity contribution in [3.8, 4) is 5.75 Å². The van der Waals surface area contributed by atoms with Gasteiger partial charge in [0.05, 0.1) is 12.7 Å². The third-order valence-electron chi connectivity index (χ3n) is 8.62. The number of carbonyl (C=O) groups excluding carboxylic acids is 2. The van der Waals surface area contributed by atoms with Crippen molar-refractivity contribution >= 4 is 17.6 Å². The second-order valence-corrected chi connectivity index (χ2v) is 11.2. The standard InChI is InChI=1S/C30H42N6O3/c1-21-26(6-4-7-27(21)39-3)30(38)33-23-18-24-9-10-25(19-23)36(24)28-11-8-22(20-32-28)29(37)31-12-5-13-35-16-14-34(2)15-17-35/h4,6-8,11,20,23-25H,5,9-10,12-19H2,1-3H3,(H,31,37)(H,33,38)/t23-,24+,25-. The minimum absolute atomic E-state index is 0.0405. The van der Waals surface area contributed by atoms with E-state index in [0.29, 0.717) is 29.8 Å². The van der Waals surface area contributed by atoms with Crippen molar-refractivity contribution in [2.75, 3.05) is 58.3 Å². The van der Waals surface area contributed by atoms with Gasteiger partial charge in [0.15, 0.2) is 0 Å². The van der Waals surface area contributed by atoms with Gasteiger partial charge in [-0.25, -0.2) is 4.98 Å². The first kappa shape index (κ1) is 27.4. The number of likely N-dealkylation sites (N-methyl/N-ethyl adjacent to an activating group) is 1. The van der Waals surface area contributed by atoms with Gasteiger partial charge in [0.25, 0.3) is 11.8 Å². The lowest BCUT2D eigenvalue weighted by molar-refractivity contribution is 0.0923. The van der Waals surface area contributed by atoms with E-state index >= 15 is 0 Å². The van der Waals surface area contributed by atoms with Crippen molar-refractivity contribution in [1.82, 2.24) is 25.4 Å². The summed E-state index contributed by atoms with van der Waals surface area (Å²) in [6, 6.07) is 10.3. The second kappa shape index (κ2) is 12.3. The highest BCUT2D eigenvalue weighted by Gasteiger charge is 2.42. The third kappa shape index (κ3) is 6.36. The number of nitrogens with zero attached hydrogens (tertiary/aromatic N) is 4. The zero-order valence-corrected chi connectivity index (χ0v) is 23.5. The van der Waals surface area contributed by atoms with Crippen molar-refractivity contribution < 1.29 is 14.3 Å². The fraction of sp³-hybridized carbons (Fsp3) is 0.567. The summed E-state index contributed by atoms with van der Waals surface area (Å²) in [6.45, 7) is 8.04. The summed E-state index contributed by atoms with van der Waals surface area (Å²) in [5.74, 6) is 1.54. The lowest BCUT2D eigenvalue weighted by Gasteiger charge is -2.40. The first-order valence-corrected chi connectivity index (χ1v) is 14.3. The van der Waals surface area contributed by atoms with Gasteiger partial charge in [-0.15, -0.1) is 0 Å². The lowest BCUT2D eigenvalue weighted by atomic mass is 9.96. The van der Waals surface area contributed by atoms with Gasteiger partial charge in [-0.05, 0) is 76.9 Å². The van der Waals surface area contributed by atoms with E-state index in [1.165, 1.54) is 0 Å². The number of rotatable bonds is 9. The van der Waals surface area contributed by atoms with Gasteiger partial charge in [-0.2, -0.15) is 0 Å². The Balaban J connectivity index is 1.11. The molecule has 3 atom stereocenters. The van der Waals surface area contributed by atoms with E-state index < -0.39 is 0 Å². The molecule has 2 aromatic rings. The molecule has 0 radical (unpaired) electrons. The maximum atomic E-state index is 13.0. The highest BCUT2D eigenvalue weighted by atomic mass is 16.5. The topological polar surface area (TPSA) is 90.0 Å². The molecular weight excluding hydrogens is 492 g/mol. The molecule has 2 amide bonds. The number of methoxy groups -OCH3 is 1. The number of ether oxygens (including phenoxy) is 1. The minimum Gasteiger partial charge on any atom is -0.496 e. The molecule has 9 heteroatoms. The maximum absolute atomic E-state index is 13.0. The van der Waals surface area contributed by atoms with Crippen LogP contribution in [0.25, 0.3) is 0 Å². The predicted octanol–water partition coefficient (Wildman–Crippen LogP) is 2.70. The molecule has 2 bridgehead atoms. The summed E-state index contributed by atoms with van der Waals surface area (Å²) in [5, 5.41) is 6.32. The molecule has 4 heterocycles. The molecule has 1 aromatic carbocycles. The van der Waals surface area contributed by atoms with Crippen molar-refractivity contribution in [2.24, 2.45) is 0 Å². The first-order chi connectivity index (χ1) is 18.9. The van der Waals surface area contributed by atoms with Gasteiger partial charge in [-0.3, -0.25) is 9.59 Å². The van der Waals surface area contributed by atoms with Crippen LogP contribution in [0, 0.1) is 6.92 Å². The summed E-state index contributed by atoms with van der Waals surface area (Å²) in [4.78, 5) is 37.6. The lowest BCUT2D eigenvalue weighted by Crippen LogP contribution is -2.50. The number of aromatic nitrogens is 1. The second-order valence-electron chi connectivity index (χ2n) is 11.2. The number of hydrogen-bond donors (Lipinski definition) is 2. The third-order valence-corrected chi connectivity index (χ3v) is 8.62. The van der Waals surface area contributed by atoms with Crippen molar-refractivity contribution in [1.29, 1.82) is 0 Å². The van der Waals surface area contributed by atoms with Crippen LogP contribution in [0.1, 0.15) is 58.4 Å². The zero-order chi connectivity index (χ0) is 27.4. The van der Waals surface area contributed by atoms with E-state index in [4.69, 9.17) is 4.74 Å². The molecule has 3 fully saturated rings. The molecule has 2 N–H and O–H groups in total. The summed E-state index contributed by atoms with van der Waals surface area (Å²) in [6.07, 6.45) is 6.61. The average Bonchev–Trinajstić information content (AvgIpc) is 3.22. The highest BCUT2D eigenvalue weighted by Crippen LogP contribution is 2.38. The number of hydrogen-bond acceptors (Lipinski definition) is 7. The van der Waals surface area contributed by atoms with E-state index in [1.807, 2.05) is 37.3 Å². The SMILES string of the molecule is COc1cccc(C(=O)N[C@H]2C[C@H]3CC[C@@H](C2)N3c2ccc(C(=O)NCCCN3CCN(C)CC3)cn2)c1C. The molecule has 39 heavy (non-hydrogen) atoms. The molecule has 0 aliphatic carbocycles. The van der Waals surface area contributed by atoms with Crippen LogP contribution < -0.4 is 20.3 Å². The number of benzene rings is 1. The summed E-state index contributed by atoms with van der Waals surface area (Å²) in [5.41, 5.74) is 2.13. The van der Waals surface area contributed by atoms with Gasteiger partial charge in [0.1, 0.15) is 11.6 Å². The van der Waals surface area contributed by atoms with Crippen LogP contribution in [0.4, 0.5) is 5.82 Å². The quantitative estimate of drug-likeness (QED) is 0.478. The number of piperazine rings is 1. The number of nitrogens with one attached hydrogen (secondary N) is 2. The molecule has 1 aromatic heterocycles. The van der Waals surface area contributed by atoms with E-state index in [1.54, 1.807) is 13.3 Å². The Kier molecular flexibility index (Phi) is 8.67. The molecule has 0 spiro atoms. The zero-order valence-electron chi connectivity index (χ0n) is 23.5. The van der Waals surface area contributed by atoms with E-state index in [9.17, 15) is 9.59 Å². The number of pyridine rings is 1. The van der Waals surface area contributed by atoms with Crippen LogP contribution in [0.5, 0.6) is 5.75 Å². The molecule has 210 valence electrons. The molecule has 3 aliphatic heterocycles. The van der Waals surface area contributed by atoms with Crippen LogP contribution in [-0.2, 0) is 0 Å². The fourth-order valence-electron chi connectivity index (χ4n) is 6.36. The number of fused-ring (bicyclic) bond motifs is 2. The Morgan fingerprint density at radius 1 is 1.03 bits per heavy atom. The molecule has 0 saturated carbocycles. The molecule has 3 saturated heterocycles. The van der Waals surface area contributed by atoms with Gasteiger partial charge >= 0.3 is 0 Å². The summed E-state index contributed by atoms with van der Waals surface area (Å²) < 4.78 is 5.38. The Hall–Kier alpha value is -3.17. The normalized spacial score (nSPS) is 23.5. The maximum Gasteiger partial charge on any atom is 0.252 e. The Labute approximate surface area is 231 Å². The Morgan fingerprint density at radius 3 is 2.44 bits per heavy atom. The Morgan fingerprint density at radius 2 is 1.77 bits per heavy atom. The smallest absolute Gasteiger partial charge is 0.252 e. The number of carbonyl (C=O) groups is 2. The summed E-state index contributed by atoms with van der Waals surface area (Å²) >= 11 is 0. The summed E-state index contributed by atoms with van der Waals surface area (Å²) in [7, 11) is 3.79. The van der Waals surface area contributed by atoms with Crippen molar-refractivity contribution in [3.63, 3.8) is 0 Å². The number of piperidine rings is 1. The average molecular weight is 535 g/mol. The number of anilines is 1. The monoisotopic (exact) mass is 534 g/mol. The van der Waals surface area contributed by atoms with Crippen LogP contribution in [0.15, 0.2) is 36.5 Å². The van der Waals surface area contributed by atoms with Crippen molar-refractivity contribution in [3.05, 3.63) is 53.2 Å². The predicted molar refractivity (Wildman–Crippen MR) is 153 cm³/mol. The van der Waals surface area contributed by atoms with Crippen LogP contribution >= 0.6 is 0 Å². The van der Waals surface area contributed by atoms with Gasteiger partial charge < -0.3 is 30.1 Å². The van der Waals surface area contributed by atoms with Gasteiger partial charge in [0, 0.05) is 68.2 Å². The molecule has 3 aliphatic rings. The van der Waals surface area contributed by atoms with Crippen LogP contribution in [-0.4, -0.2) is 98.1 Å². The molecule has 0 unspecified atom stereocenters. The largest absolute Gasteiger partial charge is 0.496 e. The first-order valence-electron chi connectivity index (χ1n) is 14.3. The fourth-order valence-corrected chi connectivity index (χ4v) is 6.36. The molecular formula is C30H42N6O3. The van der Waals surface area contributed by atoms with Crippen LogP contribution in [0.3, 0.4) is 0 Å². The Bertz CT molecular complexity index is 1130. The van der Waals surface area contributed by atoms with Gasteiger partial charge in [0.2, 0.25) is 0 Å². The van der Waals surface area contributed by atoms with E-state index in [-0.39, 0.29) is 17.9 Å². The highest BCUT2D eigenvalue weighted by molar-refractivity contribution is 5.96. The van der Waals surface area contributed by atoms with E-state index in [0.717, 1.165) is 82.0 Å². The molecule has 5 rings (SSSR count). The minimum atomic E-state index is -0.0651. The van der Waals surface area contributed by atoms with Crippen LogP contribution in [0.2, 0.25) is 0 Å². The van der Waals surface area contributed by atoms with E-state index in [2.05, 4.69) is 37.4 Å². The molecule has 9 nitrogen and oxygen atoms in total. The van der Waals surface area contributed by atoms with Crippen molar-refractivity contribution in [2.45, 2.75) is 57.2 Å². The number of amides is 2.